The summed E-state index contributed by atoms with van der Waals surface area (Å²) in [7, 11) is 1.63. The van der Waals surface area contributed by atoms with E-state index in [0.717, 1.165) is 19.5 Å². The molecule has 0 spiro atoms. The molecular formula is C8H16N4O. The fraction of sp³-hybridized carbons (Fsp3) is 0.750. The van der Waals surface area contributed by atoms with E-state index in [9.17, 15) is 4.79 Å². The number of amides is 2. The first kappa shape index (κ1) is 9.83. The van der Waals surface area contributed by atoms with E-state index in [1.54, 1.807) is 11.9 Å². The van der Waals surface area contributed by atoms with Gasteiger partial charge in [-0.25, -0.2) is 4.79 Å². The van der Waals surface area contributed by atoms with Crippen LogP contribution in [0.15, 0.2) is 0 Å². The Morgan fingerprint density at radius 2 is 2.46 bits per heavy atom. The molecule has 5 nitrogen and oxygen atoms in total. The second kappa shape index (κ2) is 4.11. The number of amidine groups is 1. The van der Waals surface area contributed by atoms with Crippen molar-refractivity contribution < 1.29 is 4.79 Å². The highest BCUT2D eigenvalue weighted by molar-refractivity contribution is 5.77. The van der Waals surface area contributed by atoms with E-state index < -0.39 is 0 Å². The zero-order valence-corrected chi connectivity index (χ0v) is 7.84. The summed E-state index contributed by atoms with van der Waals surface area (Å²) in [6, 6.07) is -0.0361. The van der Waals surface area contributed by atoms with Gasteiger partial charge in [0, 0.05) is 26.6 Å². The van der Waals surface area contributed by atoms with E-state index in [0.29, 0.717) is 12.3 Å². The molecule has 1 heterocycles. The van der Waals surface area contributed by atoms with Gasteiger partial charge in [0.1, 0.15) is 0 Å². The molecule has 0 aromatic carbocycles. The van der Waals surface area contributed by atoms with Crippen LogP contribution in [0.25, 0.3) is 0 Å². The summed E-state index contributed by atoms with van der Waals surface area (Å²) in [4.78, 5) is 12.9. The zero-order chi connectivity index (χ0) is 9.84. The van der Waals surface area contributed by atoms with Crippen molar-refractivity contribution in [3.8, 4) is 0 Å². The van der Waals surface area contributed by atoms with Crippen LogP contribution in [0.3, 0.4) is 0 Å². The van der Waals surface area contributed by atoms with Crippen molar-refractivity contribution in [3.05, 3.63) is 0 Å². The topological polar surface area (TPSA) is 82.2 Å². The largest absolute Gasteiger partial charge is 0.388 e. The Kier molecular flexibility index (Phi) is 3.11. The van der Waals surface area contributed by atoms with Crippen molar-refractivity contribution in [2.45, 2.75) is 12.8 Å². The number of nitrogens with two attached hydrogens (primary N) is 1. The molecule has 1 fully saturated rings. The molecule has 0 radical (unpaired) electrons. The van der Waals surface area contributed by atoms with Crippen molar-refractivity contribution in [3.63, 3.8) is 0 Å². The number of nitrogens with zero attached hydrogens (tertiary/aromatic N) is 1. The molecule has 1 saturated heterocycles. The number of rotatable bonds is 2. The SMILES string of the molecule is CNC(=O)N1CCC(CC(=N)N)C1. The molecule has 2 amide bonds. The minimum Gasteiger partial charge on any atom is -0.388 e. The summed E-state index contributed by atoms with van der Waals surface area (Å²) >= 11 is 0. The van der Waals surface area contributed by atoms with Crippen LogP contribution in [-0.4, -0.2) is 36.9 Å². The van der Waals surface area contributed by atoms with E-state index in [1.807, 2.05) is 0 Å². The maximum absolute atomic E-state index is 11.2. The van der Waals surface area contributed by atoms with Gasteiger partial charge in [0.25, 0.3) is 0 Å². The van der Waals surface area contributed by atoms with E-state index in [-0.39, 0.29) is 11.9 Å². The van der Waals surface area contributed by atoms with Crippen molar-refractivity contribution in [1.82, 2.24) is 10.2 Å². The molecule has 0 bridgehead atoms. The fourth-order valence-electron chi connectivity index (χ4n) is 1.65. The lowest BCUT2D eigenvalue weighted by Crippen LogP contribution is -2.36. The maximum atomic E-state index is 11.2. The van der Waals surface area contributed by atoms with Crippen molar-refractivity contribution in [2.75, 3.05) is 20.1 Å². The van der Waals surface area contributed by atoms with Crippen LogP contribution in [0.5, 0.6) is 0 Å². The number of hydrogen-bond donors (Lipinski definition) is 3. The third-order valence-corrected chi connectivity index (χ3v) is 2.30. The molecule has 13 heavy (non-hydrogen) atoms. The first-order chi connectivity index (χ1) is 6.13. The summed E-state index contributed by atoms with van der Waals surface area (Å²) in [5.41, 5.74) is 5.29. The lowest BCUT2D eigenvalue weighted by atomic mass is 10.1. The Hall–Kier alpha value is -1.26. The molecule has 1 unspecified atom stereocenters. The molecular weight excluding hydrogens is 168 g/mol. The quantitative estimate of drug-likeness (QED) is 0.416. The van der Waals surface area contributed by atoms with Gasteiger partial charge in [-0.3, -0.25) is 5.41 Å². The first-order valence-corrected chi connectivity index (χ1v) is 4.43. The third-order valence-electron chi connectivity index (χ3n) is 2.30. The van der Waals surface area contributed by atoms with Crippen LogP contribution >= 0.6 is 0 Å². The van der Waals surface area contributed by atoms with Gasteiger partial charge in [-0.2, -0.15) is 0 Å². The molecule has 1 aliphatic rings. The molecule has 74 valence electrons. The van der Waals surface area contributed by atoms with Gasteiger partial charge in [0.2, 0.25) is 0 Å². The minimum atomic E-state index is -0.0361. The average molecular weight is 184 g/mol. The molecule has 1 rings (SSSR count). The predicted molar refractivity (Wildman–Crippen MR) is 50.7 cm³/mol. The van der Waals surface area contributed by atoms with Crippen LogP contribution < -0.4 is 11.1 Å². The number of likely N-dealkylation sites (tertiary alicyclic amines) is 1. The Balaban J connectivity index is 2.36. The summed E-state index contributed by atoms with van der Waals surface area (Å²) in [6.45, 7) is 1.50. The first-order valence-electron chi connectivity index (χ1n) is 4.43. The highest BCUT2D eigenvalue weighted by Gasteiger charge is 2.25. The van der Waals surface area contributed by atoms with Gasteiger partial charge >= 0.3 is 6.03 Å². The smallest absolute Gasteiger partial charge is 0.317 e. The standard InChI is InChI=1S/C8H16N4O/c1-11-8(13)12-3-2-6(5-12)4-7(9)10/h6H,2-5H2,1H3,(H3,9,10)(H,11,13). The monoisotopic (exact) mass is 184 g/mol. The highest BCUT2D eigenvalue weighted by atomic mass is 16.2. The van der Waals surface area contributed by atoms with E-state index in [1.165, 1.54) is 0 Å². The van der Waals surface area contributed by atoms with Crippen molar-refractivity contribution >= 4 is 11.9 Å². The number of carbonyl (C=O) groups is 1. The van der Waals surface area contributed by atoms with Gasteiger partial charge in [0.15, 0.2) is 0 Å². The van der Waals surface area contributed by atoms with Crippen molar-refractivity contribution in [1.29, 1.82) is 5.41 Å². The third kappa shape index (κ3) is 2.61. The van der Waals surface area contributed by atoms with Gasteiger partial charge in [-0.05, 0) is 12.3 Å². The predicted octanol–water partition coefficient (Wildman–Crippen LogP) is -0.0262. The zero-order valence-electron chi connectivity index (χ0n) is 7.84. The van der Waals surface area contributed by atoms with Gasteiger partial charge in [-0.15, -0.1) is 0 Å². The molecule has 4 N–H and O–H groups in total. The Morgan fingerprint density at radius 3 is 3.00 bits per heavy atom. The molecule has 5 heteroatoms. The highest BCUT2D eigenvalue weighted by Crippen LogP contribution is 2.18. The molecule has 1 aliphatic heterocycles. The molecule has 0 aromatic heterocycles. The number of carbonyl (C=O) groups excluding carboxylic acids is 1. The van der Waals surface area contributed by atoms with Gasteiger partial charge in [0.05, 0.1) is 5.84 Å². The van der Waals surface area contributed by atoms with E-state index in [4.69, 9.17) is 11.1 Å². The second-order valence-electron chi connectivity index (χ2n) is 3.39. The Bertz CT molecular complexity index is 216. The van der Waals surface area contributed by atoms with Crippen LogP contribution in [-0.2, 0) is 0 Å². The number of nitrogens with one attached hydrogen (secondary N) is 2. The lowest BCUT2D eigenvalue weighted by molar-refractivity contribution is 0.209. The van der Waals surface area contributed by atoms with Gasteiger partial charge < -0.3 is 16.0 Å². The fourth-order valence-corrected chi connectivity index (χ4v) is 1.65. The van der Waals surface area contributed by atoms with Crippen LogP contribution in [0.1, 0.15) is 12.8 Å². The Morgan fingerprint density at radius 1 is 1.77 bits per heavy atom. The normalized spacial score (nSPS) is 21.6. The molecule has 0 saturated carbocycles. The summed E-state index contributed by atoms with van der Waals surface area (Å²) in [5.74, 6) is 0.582. The lowest BCUT2D eigenvalue weighted by Gasteiger charge is -2.15. The van der Waals surface area contributed by atoms with E-state index >= 15 is 0 Å². The molecule has 0 aliphatic carbocycles. The second-order valence-corrected chi connectivity index (χ2v) is 3.39. The van der Waals surface area contributed by atoms with Crippen LogP contribution in [0.4, 0.5) is 4.79 Å². The van der Waals surface area contributed by atoms with Crippen LogP contribution in [0.2, 0.25) is 0 Å². The summed E-state index contributed by atoms with van der Waals surface area (Å²) < 4.78 is 0. The van der Waals surface area contributed by atoms with Crippen molar-refractivity contribution in [2.24, 2.45) is 11.7 Å². The number of urea groups is 1. The summed E-state index contributed by atoms with van der Waals surface area (Å²) in [6.07, 6.45) is 1.56. The number of hydrogen-bond acceptors (Lipinski definition) is 2. The maximum Gasteiger partial charge on any atom is 0.317 e. The minimum absolute atomic E-state index is 0.0361. The van der Waals surface area contributed by atoms with Gasteiger partial charge in [-0.1, -0.05) is 0 Å². The van der Waals surface area contributed by atoms with Crippen LogP contribution in [0, 0.1) is 11.3 Å². The molecule has 1 atom stereocenters. The Labute approximate surface area is 77.8 Å². The summed E-state index contributed by atoms with van der Waals surface area (Å²) in [5, 5.41) is 9.72. The van der Waals surface area contributed by atoms with E-state index in [2.05, 4.69) is 5.32 Å². The average Bonchev–Trinajstić information content (AvgIpc) is 2.50. The molecule has 0 aromatic rings.